The monoisotopic (exact) mass is 378 g/mol. The molecule has 144 valence electrons. The number of nitrogens with one attached hydrogen (secondary N) is 1. The number of hydrogen-bond donors (Lipinski definition) is 1. The van der Waals surface area contributed by atoms with Crippen molar-refractivity contribution in [1.82, 2.24) is 29.9 Å². The van der Waals surface area contributed by atoms with Gasteiger partial charge in [-0.25, -0.2) is 0 Å². The maximum Gasteiger partial charge on any atom is 0.272 e. The summed E-state index contributed by atoms with van der Waals surface area (Å²) in [6, 6.07) is 9.57. The number of methoxy groups -OCH3 is 1. The number of fused-ring (bicyclic) bond motifs is 1. The number of nitrogens with zero attached hydrogens (tertiary/aromatic N) is 5. The lowest BCUT2D eigenvalue weighted by Gasteiger charge is -2.32. The van der Waals surface area contributed by atoms with Gasteiger partial charge in [0.1, 0.15) is 17.3 Å². The Morgan fingerprint density at radius 2 is 2.07 bits per heavy atom. The number of rotatable bonds is 4. The summed E-state index contributed by atoms with van der Waals surface area (Å²) in [5.74, 6) is 3.12. The van der Waals surface area contributed by atoms with Crippen molar-refractivity contribution >= 4 is 5.91 Å². The lowest BCUT2D eigenvalue weighted by molar-refractivity contribution is 0.0673. The zero-order chi connectivity index (χ0) is 19.3. The van der Waals surface area contributed by atoms with E-state index in [1.807, 2.05) is 29.2 Å². The van der Waals surface area contributed by atoms with Gasteiger partial charge in [-0.15, -0.1) is 10.2 Å². The molecule has 3 aromatic rings. The molecule has 0 spiro atoms. The van der Waals surface area contributed by atoms with Gasteiger partial charge in [-0.05, 0) is 38.0 Å². The van der Waals surface area contributed by atoms with Crippen molar-refractivity contribution in [1.29, 1.82) is 0 Å². The number of amides is 1. The molecule has 2 aliphatic rings. The molecule has 1 aliphatic heterocycles. The van der Waals surface area contributed by atoms with E-state index >= 15 is 0 Å². The van der Waals surface area contributed by atoms with E-state index in [0.29, 0.717) is 30.4 Å². The van der Waals surface area contributed by atoms with Crippen molar-refractivity contribution < 1.29 is 9.53 Å². The molecule has 28 heavy (non-hydrogen) atoms. The zero-order valence-electron chi connectivity index (χ0n) is 15.9. The van der Waals surface area contributed by atoms with Crippen LogP contribution in [0.25, 0.3) is 11.3 Å². The molecule has 1 saturated carbocycles. The summed E-state index contributed by atoms with van der Waals surface area (Å²) in [5.41, 5.74) is 2.00. The number of para-hydroxylation sites is 1. The molecule has 1 N–H and O–H groups in total. The van der Waals surface area contributed by atoms with Gasteiger partial charge in [-0.1, -0.05) is 12.1 Å². The molecule has 1 fully saturated rings. The Morgan fingerprint density at radius 1 is 1.25 bits per heavy atom. The van der Waals surface area contributed by atoms with Crippen LogP contribution < -0.4 is 4.74 Å². The largest absolute Gasteiger partial charge is 0.496 e. The number of carbonyl (C=O) groups excluding carboxylic acids is 1. The highest BCUT2D eigenvalue weighted by Crippen LogP contribution is 2.41. The molecular formula is C20H22N6O2. The summed E-state index contributed by atoms with van der Waals surface area (Å²) in [6.45, 7) is 3.21. The van der Waals surface area contributed by atoms with Gasteiger partial charge >= 0.3 is 0 Å². The maximum absolute atomic E-state index is 13.1. The highest BCUT2D eigenvalue weighted by Gasteiger charge is 2.36. The first-order valence-electron chi connectivity index (χ1n) is 9.57. The van der Waals surface area contributed by atoms with Crippen molar-refractivity contribution in [2.75, 3.05) is 13.7 Å². The number of aromatic nitrogens is 5. The van der Waals surface area contributed by atoms with Gasteiger partial charge in [0.25, 0.3) is 5.91 Å². The van der Waals surface area contributed by atoms with E-state index in [9.17, 15) is 4.79 Å². The molecule has 8 nitrogen and oxygen atoms in total. The Kier molecular flexibility index (Phi) is 3.92. The number of carbonyl (C=O) groups is 1. The van der Waals surface area contributed by atoms with Crippen molar-refractivity contribution in [2.24, 2.45) is 0 Å². The second-order valence-corrected chi connectivity index (χ2v) is 7.52. The number of H-pyrrole nitrogens is 1. The van der Waals surface area contributed by atoms with Crippen LogP contribution >= 0.6 is 0 Å². The van der Waals surface area contributed by atoms with E-state index < -0.39 is 0 Å². The summed E-state index contributed by atoms with van der Waals surface area (Å²) in [4.78, 5) is 14.9. The standard InChI is InChI=1S/C20H22N6O2/c1-12-10-25(11-18-23-24-19(26(12)18)13-7-8-13)20(27)16-9-15(21-22-16)14-5-3-4-6-17(14)28-2/h3-6,9,12-13H,7-8,10-11H2,1-2H3,(H,21,22)/t12-/m0/s1. The van der Waals surface area contributed by atoms with Crippen LogP contribution in [-0.4, -0.2) is 49.4 Å². The normalized spacial score (nSPS) is 18.8. The topological polar surface area (TPSA) is 88.9 Å². The molecule has 5 rings (SSSR count). The van der Waals surface area contributed by atoms with Gasteiger partial charge in [-0.2, -0.15) is 5.10 Å². The Morgan fingerprint density at radius 3 is 2.86 bits per heavy atom. The Bertz CT molecular complexity index is 1040. The molecule has 1 aromatic carbocycles. The lowest BCUT2D eigenvalue weighted by Crippen LogP contribution is -2.40. The highest BCUT2D eigenvalue weighted by atomic mass is 16.5. The predicted octanol–water partition coefficient (Wildman–Crippen LogP) is 2.77. The smallest absolute Gasteiger partial charge is 0.272 e. The molecular weight excluding hydrogens is 356 g/mol. The van der Waals surface area contributed by atoms with Gasteiger partial charge in [0, 0.05) is 18.0 Å². The molecule has 2 aromatic heterocycles. The van der Waals surface area contributed by atoms with Crippen molar-refractivity contribution in [2.45, 2.75) is 38.3 Å². The molecule has 1 atom stereocenters. The first-order chi connectivity index (χ1) is 13.7. The fraction of sp³-hybridized carbons (Fsp3) is 0.400. The van der Waals surface area contributed by atoms with Gasteiger partial charge in [0.15, 0.2) is 5.82 Å². The molecule has 0 saturated heterocycles. The second kappa shape index (κ2) is 6.47. The molecule has 0 radical (unpaired) electrons. The fourth-order valence-corrected chi connectivity index (χ4v) is 3.93. The summed E-state index contributed by atoms with van der Waals surface area (Å²) in [5, 5.41) is 15.9. The van der Waals surface area contributed by atoms with Crippen LogP contribution in [0.1, 0.15) is 53.9 Å². The predicted molar refractivity (Wildman–Crippen MR) is 102 cm³/mol. The van der Waals surface area contributed by atoms with E-state index in [4.69, 9.17) is 4.74 Å². The first kappa shape index (κ1) is 17.0. The third-order valence-electron chi connectivity index (χ3n) is 5.47. The molecule has 0 unspecified atom stereocenters. The summed E-state index contributed by atoms with van der Waals surface area (Å²) >= 11 is 0. The summed E-state index contributed by atoms with van der Waals surface area (Å²) < 4.78 is 7.62. The van der Waals surface area contributed by atoms with Gasteiger partial charge in [0.2, 0.25) is 0 Å². The molecule has 8 heteroatoms. The number of aromatic amines is 1. The van der Waals surface area contributed by atoms with Crippen LogP contribution in [0.5, 0.6) is 5.75 Å². The van der Waals surface area contributed by atoms with Crippen LogP contribution in [0.4, 0.5) is 0 Å². The minimum Gasteiger partial charge on any atom is -0.496 e. The number of benzene rings is 1. The average molecular weight is 378 g/mol. The Balaban J connectivity index is 1.39. The van der Waals surface area contributed by atoms with E-state index in [-0.39, 0.29) is 11.9 Å². The minimum atomic E-state index is -0.0808. The average Bonchev–Trinajstić information content (AvgIpc) is 3.27. The van der Waals surface area contributed by atoms with Crippen LogP contribution in [0.15, 0.2) is 30.3 Å². The molecule has 1 amide bonds. The second-order valence-electron chi connectivity index (χ2n) is 7.52. The van der Waals surface area contributed by atoms with Gasteiger partial charge < -0.3 is 14.2 Å². The fourth-order valence-electron chi connectivity index (χ4n) is 3.93. The third kappa shape index (κ3) is 2.76. The molecule has 3 heterocycles. The summed E-state index contributed by atoms with van der Waals surface area (Å²) in [7, 11) is 1.62. The van der Waals surface area contributed by atoms with Gasteiger partial charge in [-0.3, -0.25) is 9.89 Å². The SMILES string of the molecule is COc1ccccc1-c1cc(C(=O)N2Cc3nnc(C4CC4)n3[C@@H](C)C2)[nH]n1. The van der Waals surface area contributed by atoms with Crippen LogP contribution in [0, 0.1) is 0 Å². The lowest BCUT2D eigenvalue weighted by atomic mass is 10.1. The van der Waals surface area contributed by atoms with Gasteiger partial charge in [0.05, 0.1) is 25.4 Å². The minimum absolute atomic E-state index is 0.0808. The third-order valence-corrected chi connectivity index (χ3v) is 5.47. The van der Waals surface area contributed by atoms with Crippen molar-refractivity contribution in [3.8, 4) is 17.0 Å². The number of ether oxygens (including phenoxy) is 1. The van der Waals surface area contributed by atoms with E-state index in [2.05, 4.69) is 31.9 Å². The maximum atomic E-state index is 13.1. The zero-order valence-corrected chi connectivity index (χ0v) is 15.9. The Labute approximate surface area is 162 Å². The summed E-state index contributed by atoms with van der Waals surface area (Å²) in [6.07, 6.45) is 2.38. The van der Waals surface area contributed by atoms with E-state index in [1.54, 1.807) is 13.2 Å². The van der Waals surface area contributed by atoms with Crippen LogP contribution in [0.2, 0.25) is 0 Å². The van der Waals surface area contributed by atoms with Crippen molar-refractivity contribution in [3.05, 3.63) is 47.7 Å². The quantitative estimate of drug-likeness (QED) is 0.754. The highest BCUT2D eigenvalue weighted by molar-refractivity contribution is 5.93. The van der Waals surface area contributed by atoms with Crippen LogP contribution in [0.3, 0.4) is 0 Å². The molecule has 0 bridgehead atoms. The number of hydrogen-bond acceptors (Lipinski definition) is 5. The van der Waals surface area contributed by atoms with Crippen LogP contribution in [-0.2, 0) is 6.54 Å². The molecule has 1 aliphatic carbocycles. The Hall–Kier alpha value is -3.16. The van der Waals surface area contributed by atoms with E-state index in [1.165, 1.54) is 12.8 Å². The first-order valence-corrected chi connectivity index (χ1v) is 9.57. The van der Waals surface area contributed by atoms with E-state index in [0.717, 1.165) is 23.0 Å². The van der Waals surface area contributed by atoms with Crippen molar-refractivity contribution in [3.63, 3.8) is 0 Å².